The first-order valence-corrected chi connectivity index (χ1v) is 4.64. The highest BCUT2D eigenvalue weighted by Crippen LogP contribution is 2.61. The Morgan fingerprint density at radius 2 is 2.08 bits per heavy atom. The zero-order valence-electron chi connectivity index (χ0n) is 7.53. The van der Waals surface area contributed by atoms with Crippen molar-refractivity contribution >= 4 is 18.4 Å². The number of aliphatic carboxylic acids is 1. The molecule has 0 radical (unpaired) electrons. The standard InChI is InChI=1S/C9H15NO2.ClH/c10-7(8(11)12)6-2-1-3-9(6)4-5-9;/h6-7H,1-5,10H2,(H,11,12);1H. The highest BCUT2D eigenvalue weighted by Gasteiger charge is 2.54. The van der Waals surface area contributed by atoms with Crippen LogP contribution < -0.4 is 5.73 Å². The Kier molecular flexibility index (Phi) is 2.88. The average Bonchev–Trinajstić information content (AvgIpc) is 2.62. The van der Waals surface area contributed by atoms with Crippen molar-refractivity contribution in [2.45, 2.75) is 38.1 Å². The summed E-state index contributed by atoms with van der Waals surface area (Å²) in [6, 6.07) is -0.616. The van der Waals surface area contributed by atoms with Gasteiger partial charge in [-0.15, -0.1) is 12.4 Å². The normalized spacial score (nSPS) is 31.0. The number of nitrogens with two attached hydrogens (primary N) is 1. The van der Waals surface area contributed by atoms with E-state index in [0.717, 1.165) is 6.42 Å². The van der Waals surface area contributed by atoms with Crippen molar-refractivity contribution < 1.29 is 9.90 Å². The molecule has 2 aliphatic rings. The number of rotatable bonds is 2. The summed E-state index contributed by atoms with van der Waals surface area (Å²) in [5.41, 5.74) is 6.00. The first-order chi connectivity index (χ1) is 5.66. The highest BCUT2D eigenvalue weighted by molar-refractivity contribution is 5.85. The van der Waals surface area contributed by atoms with E-state index >= 15 is 0 Å². The zero-order valence-corrected chi connectivity index (χ0v) is 8.35. The molecule has 2 unspecified atom stereocenters. The number of carboxylic acid groups (broad SMARTS) is 1. The van der Waals surface area contributed by atoms with E-state index in [0.29, 0.717) is 5.41 Å². The quantitative estimate of drug-likeness (QED) is 0.717. The van der Waals surface area contributed by atoms with Gasteiger partial charge in [0.15, 0.2) is 0 Å². The van der Waals surface area contributed by atoms with E-state index in [1.54, 1.807) is 0 Å². The second-order valence-corrected chi connectivity index (χ2v) is 4.23. The lowest BCUT2D eigenvalue weighted by Crippen LogP contribution is -2.40. The topological polar surface area (TPSA) is 63.3 Å². The molecule has 1 spiro atoms. The largest absolute Gasteiger partial charge is 0.480 e. The molecule has 0 saturated heterocycles. The van der Waals surface area contributed by atoms with Crippen LogP contribution >= 0.6 is 12.4 Å². The molecule has 0 bridgehead atoms. The molecule has 0 aromatic carbocycles. The molecule has 0 heterocycles. The lowest BCUT2D eigenvalue weighted by Gasteiger charge is -2.21. The maximum Gasteiger partial charge on any atom is 0.320 e. The van der Waals surface area contributed by atoms with Gasteiger partial charge in [0, 0.05) is 0 Å². The van der Waals surface area contributed by atoms with Crippen molar-refractivity contribution in [1.29, 1.82) is 0 Å². The van der Waals surface area contributed by atoms with Gasteiger partial charge in [0.1, 0.15) is 6.04 Å². The van der Waals surface area contributed by atoms with Gasteiger partial charge in [0.05, 0.1) is 0 Å². The molecule has 2 rings (SSSR count). The maximum atomic E-state index is 10.7. The fourth-order valence-corrected chi connectivity index (χ4v) is 2.68. The number of carbonyl (C=O) groups is 1. The van der Waals surface area contributed by atoms with Crippen molar-refractivity contribution in [3.63, 3.8) is 0 Å². The molecule has 2 atom stereocenters. The van der Waals surface area contributed by atoms with Gasteiger partial charge in [0.25, 0.3) is 0 Å². The van der Waals surface area contributed by atoms with Crippen LogP contribution in [0.5, 0.6) is 0 Å². The van der Waals surface area contributed by atoms with Gasteiger partial charge >= 0.3 is 5.97 Å². The summed E-state index contributed by atoms with van der Waals surface area (Å²) in [5, 5.41) is 8.78. The third kappa shape index (κ3) is 1.67. The average molecular weight is 206 g/mol. The molecule has 0 amide bonds. The van der Waals surface area contributed by atoms with Crippen LogP contribution in [0, 0.1) is 11.3 Å². The molecule has 0 aliphatic heterocycles. The van der Waals surface area contributed by atoms with Gasteiger partial charge in [0.2, 0.25) is 0 Å². The maximum absolute atomic E-state index is 10.7. The molecule has 0 aromatic heterocycles. The SMILES string of the molecule is Cl.NC(C(=O)O)C1CCCC12CC2. The molecule has 0 aromatic rings. The molecule has 2 aliphatic carbocycles. The summed E-state index contributed by atoms with van der Waals surface area (Å²) in [7, 11) is 0. The molecule has 4 heteroatoms. The summed E-state index contributed by atoms with van der Waals surface area (Å²) in [5.74, 6) is -0.567. The first-order valence-electron chi connectivity index (χ1n) is 4.64. The smallest absolute Gasteiger partial charge is 0.320 e. The van der Waals surface area contributed by atoms with Gasteiger partial charge in [-0.25, -0.2) is 0 Å². The Morgan fingerprint density at radius 1 is 1.46 bits per heavy atom. The predicted molar refractivity (Wildman–Crippen MR) is 51.9 cm³/mol. The van der Waals surface area contributed by atoms with Crippen LogP contribution in [0.4, 0.5) is 0 Å². The van der Waals surface area contributed by atoms with E-state index in [-0.39, 0.29) is 18.3 Å². The molecule has 76 valence electrons. The summed E-state index contributed by atoms with van der Waals surface area (Å²) in [4.78, 5) is 10.7. The Hall–Kier alpha value is -0.280. The summed E-state index contributed by atoms with van der Waals surface area (Å²) < 4.78 is 0. The van der Waals surface area contributed by atoms with Crippen LogP contribution in [0.2, 0.25) is 0 Å². The van der Waals surface area contributed by atoms with Crippen molar-refractivity contribution in [2.24, 2.45) is 17.1 Å². The van der Waals surface area contributed by atoms with Crippen molar-refractivity contribution in [2.75, 3.05) is 0 Å². The molecule has 13 heavy (non-hydrogen) atoms. The molecule has 2 saturated carbocycles. The van der Waals surface area contributed by atoms with Crippen LogP contribution in [0.15, 0.2) is 0 Å². The van der Waals surface area contributed by atoms with Crippen molar-refractivity contribution in [3.8, 4) is 0 Å². The fraction of sp³-hybridized carbons (Fsp3) is 0.889. The Bertz CT molecular complexity index is 216. The second kappa shape index (κ2) is 3.46. The summed E-state index contributed by atoms with van der Waals surface area (Å²) in [6.45, 7) is 0. The van der Waals surface area contributed by atoms with Crippen LogP contribution in [0.25, 0.3) is 0 Å². The van der Waals surface area contributed by atoms with Gasteiger partial charge < -0.3 is 10.8 Å². The van der Waals surface area contributed by atoms with Gasteiger partial charge in [-0.2, -0.15) is 0 Å². The Balaban J connectivity index is 0.000000845. The number of carboxylic acids is 1. The van der Waals surface area contributed by atoms with E-state index in [2.05, 4.69) is 0 Å². The third-order valence-electron chi connectivity index (χ3n) is 3.59. The van der Waals surface area contributed by atoms with E-state index < -0.39 is 12.0 Å². The highest BCUT2D eigenvalue weighted by atomic mass is 35.5. The monoisotopic (exact) mass is 205 g/mol. The summed E-state index contributed by atoms with van der Waals surface area (Å²) in [6.07, 6.45) is 5.81. The minimum absolute atomic E-state index is 0. The van der Waals surface area contributed by atoms with Crippen LogP contribution in [-0.2, 0) is 4.79 Å². The molecular formula is C9H16ClNO2. The second-order valence-electron chi connectivity index (χ2n) is 4.23. The van der Waals surface area contributed by atoms with Crippen LogP contribution in [-0.4, -0.2) is 17.1 Å². The Morgan fingerprint density at radius 3 is 2.54 bits per heavy atom. The first kappa shape index (κ1) is 10.8. The molecule has 2 fully saturated rings. The molecular weight excluding hydrogens is 190 g/mol. The molecule has 3 N–H and O–H groups in total. The van der Waals surface area contributed by atoms with Crippen LogP contribution in [0.1, 0.15) is 32.1 Å². The van der Waals surface area contributed by atoms with Gasteiger partial charge in [-0.1, -0.05) is 6.42 Å². The predicted octanol–water partition coefficient (Wildman–Crippen LogP) is 1.40. The van der Waals surface area contributed by atoms with E-state index in [1.165, 1.54) is 25.7 Å². The number of hydrogen-bond donors (Lipinski definition) is 2. The van der Waals surface area contributed by atoms with Crippen LogP contribution in [0.3, 0.4) is 0 Å². The van der Waals surface area contributed by atoms with E-state index in [1.807, 2.05) is 0 Å². The van der Waals surface area contributed by atoms with Gasteiger partial charge in [-0.05, 0) is 37.0 Å². The van der Waals surface area contributed by atoms with Gasteiger partial charge in [-0.3, -0.25) is 4.79 Å². The lowest BCUT2D eigenvalue weighted by atomic mass is 9.87. The minimum atomic E-state index is -0.826. The Labute approximate surface area is 84.1 Å². The summed E-state index contributed by atoms with van der Waals surface area (Å²) >= 11 is 0. The van der Waals surface area contributed by atoms with Crippen molar-refractivity contribution in [1.82, 2.24) is 0 Å². The zero-order chi connectivity index (χ0) is 8.77. The number of halogens is 1. The fourth-order valence-electron chi connectivity index (χ4n) is 2.68. The van der Waals surface area contributed by atoms with E-state index in [4.69, 9.17) is 10.8 Å². The lowest BCUT2D eigenvalue weighted by molar-refractivity contribution is -0.140. The minimum Gasteiger partial charge on any atom is -0.480 e. The van der Waals surface area contributed by atoms with Crippen molar-refractivity contribution in [3.05, 3.63) is 0 Å². The number of hydrogen-bond acceptors (Lipinski definition) is 2. The van der Waals surface area contributed by atoms with E-state index in [9.17, 15) is 4.79 Å². The molecule has 3 nitrogen and oxygen atoms in total. The third-order valence-corrected chi connectivity index (χ3v) is 3.59.